The fourth-order valence-corrected chi connectivity index (χ4v) is 4.39. The Morgan fingerprint density at radius 1 is 1.20 bits per heavy atom. The van der Waals surface area contributed by atoms with E-state index in [1.165, 1.54) is 0 Å². The lowest BCUT2D eigenvalue weighted by molar-refractivity contribution is -0.123. The van der Waals surface area contributed by atoms with Gasteiger partial charge < -0.3 is 25.6 Å². The SMILES string of the molecule is NCc1ccc2c(c1)C1(CCNCC1)C(C(=O)c1cccc(OCC(=O)CO)c1)O2. The Labute approximate surface area is 175 Å². The lowest BCUT2D eigenvalue weighted by Gasteiger charge is -2.37. The van der Waals surface area contributed by atoms with Crippen LogP contribution in [-0.2, 0) is 16.8 Å². The second kappa shape index (κ2) is 8.55. The highest BCUT2D eigenvalue weighted by Gasteiger charge is 2.52. The zero-order chi connectivity index (χ0) is 21.1. The second-order valence-electron chi connectivity index (χ2n) is 7.82. The van der Waals surface area contributed by atoms with Gasteiger partial charge in [-0.15, -0.1) is 0 Å². The third-order valence-corrected chi connectivity index (χ3v) is 5.99. The minimum Gasteiger partial charge on any atom is -0.486 e. The summed E-state index contributed by atoms with van der Waals surface area (Å²) in [6.07, 6.45) is 0.967. The molecule has 0 saturated carbocycles. The molecule has 0 amide bonds. The van der Waals surface area contributed by atoms with Crippen molar-refractivity contribution in [1.29, 1.82) is 0 Å². The van der Waals surface area contributed by atoms with Crippen LogP contribution in [0.3, 0.4) is 0 Å². The number of nitrogens with two attached hydrogens (primary N) is 1. The van der Waals surface area contributed by atoms with Gasteiger partial charge in [0, 0.05) is 23.1 Å². The smallest absolute Gasteiger partial charge is 0.204 e. The van der Waals surface area contributed by atoms with Crippen molar-refractivity contribution in [3.63, 3.8) is 0 Å². The van der Waals surface area contributed by atoms with Crippen molar-refractivity contribution in [2.75, 3.05) is 26.3 Å². The van der Waals surface area contributed by atoms with Crippen LogP contribution in [0.5, 0.6) is 11.5 Å². The molecule has 0 radical (unpaired) electrons. The van der Waals surface area contributed by atoms with E-state index in [1.54, 1.807) is 24.3 Å². The van der Waals surface area contributed by atoms with E-state index in [-0.39, 0.29) is 12.4 Å². The Balaban J connectivity index is 1.64. The van der Waals surface area contributed by atoms with Crippen LogP contribution in [0.2, 0.25) is 0 Å². The number of ketones is 2. The lowest BCUT2D eigenvalue weighted by atomic mass is 9.68. The molecule has 4 N–H and O–H groups in total. The van der Waals surface area contributed by atoms with Crippen molar-refractivity contribution < 1.29 is 24.2 Å². The number of ether oxygens (including phenoxy) is 2. The summed E-state index contributed by atoms with van der Waals surface area (Å²) in [6, 6.07) is 12.7. The third-order valence-electron chi connectivity index (χ3n) is 5.99. The number of carbonyl (C=O) groups excluding carboxylic acids is 2. The minimum absolute atomic E-state index is 0.110. The van der Waals surface area contributed by atoms with Crippen LogP contribution in [0.15, 0.2) is 42.5 Å². The van der Waals surface area contributed by atoms with Crippen molar-refractivity contribution in [3.8, 4) is 11.5 Å². The van der Waals surface area contributed by atoms with Gasteiger partial charge in [-0.3, -0.25) is 9.59 Å². The maximum atomic E-state index is 13.6. The summed E-state index contributed by atoms with van der Waals surface area (Å²) >= 11 is 0. The first-order chi connectivity index (χ1) is 14.6. The van der Waals surface area contributed by atoms with Gasteiger partial charge in [0.2, 0.25) is 5.78 Å². The summed E-state index contributed by atoms with van der Waals surface area (Å²) in [5.41, 5.74) is 8.01. The van der Waals surface area contributed by atoms with Gasteiger partial charge >= 0.3 is 0 Å². The average Bonchev–Trinajstić information content (AvgIpc) is 3.10. The van der Waals surface area contributed by atoms with Crippen LogP contribution < -0.4 is 20.5 Å². The molecule has 158 valence electrons. The molecule has 30 heavy (non-hydrogen) atoms. The van der Waals surface area contributed by atoms with Gasteiger partial charge in [0.15, 0.2) is 11.9 Å². The fourth-order valence-electron chi connectivity index (χ4n) is 4.39. The number of piperidine rings is 1. The molecule has 1 fully saturated rings. The maximum absolute atomic E-state index is 13.6. The first-order valence-electron chi connectivity index (χ1n) is 10.2. The average molecular weight is 410 g/mol. The number of rotatable bonds is 7. The molecule has 2 aromatic carbocycles. The Hall–Kier alpha value is -2.74. The number of aliphatic hydroxyl groups excluding tert-OH is 1. The van der Waals surface area contributed by atoms with E-state index in [1.807, 2.05) is 12.1 Å². The van der Waals surface area contributed by atoms with E-state index in [0.29, 0.717) is 17.9 Å². The van der Waals surface area contributed by atoms with Gasteiger partial charge in [-0.25, -0.2) is 0 Å². The second-order valence-corrected chi connectivity index (χ2v) is 7.82. The summed E-state index contributed by atoms with van der Waals surface area (Å²) in [5, 5.41) is 12.2. The molecule has 4 rings (SSSR count). The van der Waals surface area contributed by atoms with E-state index >= 15 is 0 Å². The number of carbonyl (C=O) groups is 2. The van der Waals surface area contributed by atoms with Crippen LogP contribution in [0.25, 0.3) is 0 Å². The van der Waals surface area contributed by atoms with Gasteiger partial charge in [-0.05, 0) is 49.7 Å². The van der Waals surface area contributed by atoms with Gasteiger partial charge in [0.25, 0.3) is 0 Å². The predicted octanol–water partition coefficient (Wildman–Crippen LogP) is 1.35. The number of Topliss-reactive ketones (excluding diaryl/α,β-unsaturated/α-hetero) is 2. The van der Waals surface area contributed by atoms with Crippen molar-refractivity contribution in [2.45, 2.75) is 30.9 Å². The molecule has 1 unspecified atom stereocenters. The zero-order valence-electron chi connectivity index (χ0n) is 16.7. The molecule has 0 aromatic heterocycles. The first kappa shape index (κ1) is 20.5. The van der Waals surface area contributed by atoms with E-state index in [0.717, 1.165) is 42.8 Å². The summed E-state index contributed by atoms with van der Waals surface area (Å²) in [7, 11) is 0. The van der Waals surface area contributed by atoms with Crippen LogP contribution in [-0.4, -0.2) is 49.1 Å². The zero-order valence-corrected chi connectivity index (χ0v) is 16.7. The van der Waals surface area contributed by atoms with Gasteiger partial charge in [0.1, 0.15) is 24.7 Å². The molecule has 2 aliphatic rings. The fraction of sp³-hybridized carbons (Fsp3) is 0.391. The monoisotopic (exact) mass is 410 g/mol. The van der Waals surface area contributed by atoms with E-state index in [2.05, 4.69) is 11.4 Å². The Bertz CT molecular complexity index is 952. The molecular weight excluding hydrogens is 384 g/mol. The highest BCUT2D eigenvalue weighted by Crippen LogP contribution is 2.49. The molecule has 0 aliphatic carbocycles. The lowest BCUT2D eigenvalue weighted by Crippen LogP contribution is -2.50. The number of fused-ring (bicyclic) bond motifs is 2. The maximum Gasteiger partial charge on any atom is 0.204 e. The number of hydrogen-bond acceptors (Lipinski definition) is 7. The Morgan fingerprint density at radius 3 is 2.73 bits per heavy atom. The Kier molecular flexibility index (Phi) is 5.85. The van der Waals surface area contributed by atoms with Crippen LogP contribution in [0.4, 0.5) is 0 Å². The standard InChI is InChI=1S/C23H26N2O5/c24-12-15-4-5-20-19(10-15)23(6-8-25-9-7-23)22(30-20)21(28)16-2-1-3-18(11-16)29-14-17(27)13-26/h1-5,10-11,22,25-26H,6-9,12-14,24H2. The topological polar surface area (TPSA) is 111 Å². The summed E-state index contributed by atoms with van der Waals surface area (Å²) in [5.74, 6) is 0.614. The van der Waals surface area contributed by atoms with E-state index < -0.39 is 23.9 Å². The summed E-state index contributed by atoms with van der Waals surface area (Å²) in [6.45, 7) is 1.25. The molecule has 1 spiro atoms. The van der Waals surface area contributed by atoms with Crippen LogP contribution in [0.1, 0.15) is 34.3 Å². The van der Waals surface area contributed by atoms with Crippen molar-refractivity contribution in [3.05, 3.63) is 59.2 Å². The highest BCUT2D eigenvalue weighted by molar-refractivity contribution is 6.01. The molecule has 7 heteroatoms. The molecule has 2 heterocycles. The number of benzene rings is 2. The first-order valence-corrected chi connectivity index (χ1v) is 10.2. The normalized spacial score (nSPS) is 19.2. The number of aliphatic hydroxyl groups is 1. The van der Waals surface area contributed by atoms with Gasteiger partial charge in [0.05, 0.1) is 0 Å². The third kappa shape index (κ3) is 3.71. The molecule has 0 bridgehead atoms. The number of hydrogen-bond donors (Lipinski definition) is 3. The molecular formula is C23H26N2O5. The summed E-state index contributed by atoms with van der Waals surface area (Å²) < 4.78 is 11.6. The van der Waals surface area contributed by atoms with Crippen LogP contribution in [0, 0.1) is 0 Å². The molecule has 7 nitrogen and oxygen atoms in total. The Morgan fingerprint density at radius 2 is 2.00 bits per heavy atom. The van der Waals surface area contributed by atoms with Crippen molar-refractivity contribution >= 4 is 11.6 Å². The van der Waals surface area contributed by atoms with Crippen molar-refractivity contribution in [1.82, 2.24) is 5.32 Å². The molecule has 1 saturated heterocycles. The number of nitrogens with one attached hydrogen (secondary N) is 1. The molecule has 2 aliphatic heterocycles. The van der Waals surface area contributed by atoms with Gasteiger partial charge in [-0.1, -0.05) is 24.3 Å². The molecule has 1 atom stereocenters. The largest absolute Gasteiger partial charge is 0.486 e. The summed E-state index contributed by atoms with van der Waals surface area (Å²) in [4.78, 5) is 24.9. The van der Waals surface area contributed by atoms with Crippen molar-refractivity contribution in [2.24, 2.45) is 5.73 Å². The molecule has 2 aromatic rings. The van der Waals surface area contributed by atoms with E-state index in [4.69, 9.17) is 20.3 Å². The minimum atomic E-state index is -0.628. The predicted molar refractivity (Wildman–Crippen MR) is 111 cm³/mol. The highest BCUT2D eigenvalue weighted by atomic mass is 16.5. The van der Waals surface area contributed by atoms with Crippen LogP contribution >= 0.6 is 0 Å². The quantitative estimate of drug-likeness (QED) is 0.591. The van der Waals surface area contributed by atoms with Gasteiger partial charge in [-0.2, -0.15) is 0 Å². The van der Waals surface area contributed by atoms with E-state index in [9.17, 15) is 9.59 Å².